The number of methoxy groups -OCH3 is 1. The molecule has 0 aliphatic rings. The minimum Gasteiger partial charge on any atom is -0.494 e. The summed E-state index contributed by atoms with van der Waals surface area (Å²) in [6, 6.07) is 0.211. The lowest BCUT2D eigenvalue weighted by molar-refractivity contribution is 0.126. The molecule has 17 heavy (non-hydrogen) atoms. The molecule has 0 spiro atoms. The molecule has 0 aromatic carbocycles. The molecular weight excluding hydrogens is 218 g/mol. The summed E-state index contributed by atoms with van der Waals surface area (Å²) in [5, 5.41) is 3.26. The van der Waals surface area contributed by atoms with Gasteiger partial charge in [-0.1, -0.05) is 13.8 Å². The maximum Gasteiger partial charge on any atom is 0.223 e. The van der Waals surface area contributed by atoms with E-state index in [9.17, 15) is 0 Å². The highest BCUT2D eigenvalue weighted by Crippen LogP contribution is 2.11. The molecular formula is C12H21N3O2. The largest absolute Gasteiger partial charge is 0.494 e. The fourth-order valence-electron chi connectivity index (χ4n) is 1.31. The molecule has 0 fully saturated rings. The number of hydrogen-bond acceptors (Lipinski definition) is 5. The number of aromatic nitrogens is 2. The van der Waals surface area contributed by atoms with Gasteiger partial charge in [0.2, 0.25) is 5.95 Å². The van der Waals surface area contributed by atoms with Gasteiger partial charge in [0.1, 0.15) is 0 Å². The standard InChI is InChI=1S/C12H21N3O2/c1-5-17-8-11(9(2)3)15-12-13-6-10(16-4)7-14-12/h6-7,9,11H,5,8H2,1-4H3,(H,13,14,15). The first-order valence-electron chi connectivity index (χ1n) is 5.87. The lowest BCUT2D eigenvalue weighted by Gasteiger charge is -2.21. The van der Waals surface area contributed by atoms with Crippen LogP contribution in [-0.2, 0) is 4.74 Å². The van der Waals surface area contributed by atoms with Crippen molar-refractivity contribution >= 4 is 5.95 Å². The Labute approximate surface area is 103 Å². The fourth-order valence-corrected chi connectivity index (χ4v) is 1.31. The zero-order valence-corrected chi connectivity index (χ0v) is 10.9. The van der Waals surface area contributed by atoms with Crippen molar-refractivity contribution in [3.05, 3.63) is 12.4 Å². The third kappa shape index (κ3) is 4.56. The quantitative estimate of drug-likeness (QED) is 0.788. The molecule has 0 aliphatic heterocycles. The van der Waals surface area contributed by atoms with Crippen LogP contribution in [0.25, 0.3) is 0 Å². The summed E-state index contributed by atoms with van der Waals surface area (Å²) < 4.78 is 10.4. The Morgan fingerprint density at radius 1 is 1.29 bits per heavy atom. The zero-order valence-electron chi connectivity index (χ0n) is 10.9. The number of nitrogens with one attached hydrogen (secondary N) is 1. The van der Waals surface area contributed by atoms with Gasteiger partial charge < -0.3 is 14.8 Å². The minimum absolute atomic E-state index is 0.211. The average Bonchev–Trinajstić information content (AvgIpc) is 2.35. The Balaban J connectivity index is 2.58. The van der Waals surface area contributed by atoms with Crippen LogP contribution in [0.3, 0.4) is 0 Å². The van der Waals surface area contributed by atoms with Crippen molar-refractivity contribution in [3.8, 4) is 5.75 Å². The summed E-state index contributed by atoms with van der Waals surface area (Å²) in [5.41, 5.74) is 0. The van der Waals surface area contributed by atoms with Gasteiger partial charge in [0, 0.05) is 6.61 Å². The number of nitrogens with zero attached hydrogens (tertiary/aromatic N) is 2. The van der Waals surface area contributed by atoms with Crippen LogP contribution >= 0.6 is 0 Å². The van der Waals surface area contributed by atoms with E-state index in [-0.39, 0.29) is 6.04 Å². The van der Waals surface area contributed by atoms with Gasteiger partial charge in [0.05, 0.1) is 32.2 Å². The average molecular weight is 239 g/mol. The highest BCUT2D eigenvalue weighted by molar-refractivity contribution is 5.28. The molecule has 1 unspecified atom stereocenters. The van der Waals surface area contributed by atoms with E-state index in [4.69, 9.17) is 9.47 Å². The van der Waals surface area contributed by atoms with Crippen LogP contribution in [-0.4, -0.2) is 36.3 Å². The van der Waals surface area contributed by atoms with Crippen LogP contribution in [0.15, 0.2) is 12.4 Å². The fraction of sp³-hybridized carbons (Fsp3) is 0.667. The SMILES string of the molecule is CCOCC(Nc1ncc(OC)cn1)C(C)C. The molecule has 0 radical (unpaired) electrons. The number of ether oxygens (including phenoxy) is 2. The maximum atomic E-state index is 5.43. The molecule has 1 N–H and O–H groups in total. The molecule has 0 bridgehead atoms. The first-order chi connectivity index (χ1) is 8.17. The summed E-state index contributed by atoms with van der Waals surface area (Å²) in [6.45, 7) is 7.64. The third-order valence-electron chi connectivity index (χ3n) is 2.48. The van der Waals surface area contributed by atoms with Crippen LogP contribution in [0, 0.1) is 5.92 Å². The van der Waals surface area contributed by atoms with Crippen molar-refractivity contribution < 1.29 is 9.47 Å². The summed E-state index contributed by atoms with van der Waals surface area (Å²) in [4.78, 5) is 8.35. The first-order valence-corrected chi connectivity index (χ1v) is 5.87. The Hall–Kier alpha value is -1.36. The van der Waals surface area contributed by atoms with Crippen molar-refractivity contribution in [2.45, 2.75) is 26.8 Å². The molecule has 0 aliphatic carbocycles. The van der Waals surface area contributed by atoms with E-state index in [2.05, 4.69) is 29.1 Å². The Bertz CT molecular complexity index is 314. The molecule has 1 heterocycles. The van der Waals surface area contributed by atoms with Crippen LogP contribution in [0.2, 0.25) is 0 Å². The van der Waals surface area contributed by atoms with Gasteiger partial charge in [-0.2, -0.15) is 0 Å². The molecule has 5 heteroatoms. The van der Waals surface area contributed by atoms with Crippen molar-refractivity contribution in [2.75, 3.05) is 25.6 Å². The topological polar surface area (TPSA) is 56.3 Å². The van der Waals surface area contributed by atoms with Crippen LogP contribution < -0.4 is 10.1 Å². The molecule has 1 aromatic rings. The summed E-state index contributed by atoms with van der Waals surface area (Å²) in [5.74, 6) is 1.71. The molecule has 1 atom stereocenters. The first kappa shape index (κ1) is 13.7. The predicted octanol–water partition coefficient (Wildman–Crippen LogP) is 1.96. The van der Waals surface area contributed by atoms with E-state index < -0.39 is 0 Å². The predicted molar refractivity (Wildman–Crippen MR) is 67.3 cm³/mol. The highest BCUT2D eigenvalue weighted by Gasteiger charge is 2.14. The number of rotatable bonds is 7. The van der Waals surface area contributed by atoms with E-state index in [1.54, 1.807) is 19.5 Å². The van der Waals surface area contributed by atoms with Gasteiger partial charge in [0.25, 0.3) is 0 Å². The number of anilines is 1. The van der Waals surface area contributed by atoms with E-state index in [1.165, 1.54) is 0 Å². The van der Waals surface area contributed by atoms with Crippen molar-refractivity contribution in [1.29, 1.82) is 0 Å². The molecule has 0 saturated heterocycles. The van der Waals surface area contributed by atoms with Gasteiger partial charge >= 0.3 is 0 Å². The molecule has 5 nitrogen and oxygen atoms in total. The van der Waals surface area contributed by atoms with E-state index in [0.717, 1.165) is 0 Å². The van der Waals surface area contributed by atoms with E-state index in [0.29, 0.717) is 30.8 Å². The van der Waals surface area contributed by atoms with Gasteiger partial charge in [-0.05, 0) is 12.8 Å². The smallest absolute Gasteiger partial charge is 0.223 e. The second-order valence-electron chi connectivity index (χ2n) is 4.10. The highest BCUT2D eigenvalue weighted by atomic mass is 16.5. The van der Waals surface area contributed by atoms with E-state index >= 15 is 0 Å². The summed E-state index contributed by atoms with van der Waals surface area (Å²) in [7, 11) is 1.60. The molecule has 0 amide bonds. The van der Waals surface area contributed by atoms with Crippen molar-refractivity contribution in [3.63, 3.8) is 0 Å². The minimum atomic E-state index is 0.211. The van der Waals surface area contributed by atoms with Crippen LogP contribution in [0.4, 0.5) is 5.95 Å². The second kappa shape index (κ2) is 7.06. The summed E-state index contributed by atoms with van der Waals surface area (Å²) >= 11 is 0. The van der Waals surface area contributed by atoms with Crippen molar-refractivity contribution in [2.24, 2.45) is 5.92 Å². The molecule has 1 rings (SSSR count). The van der Waals surface area contributed by atoms with Gasteiger partial charge in [-0.15, -0.1) is 0 Å². The zero-order chi connectivity index (χ0) is 12.7. The molecule has 96 valence electrons. The number of hydrogen-bond donors (Lipinski definition) is 1. The Morgan fingerprint density at radius 3 is 2.41 bits per heavy atom. The van der Waals surface area contributed by atoms with Gasteiger partial charge in [0.15, 0.2) is 5.75 Å². The lowest BCUT2D eigenvalue weighted by atomic mass is 10.1. The van der Waals surface area contributed by atoms with Crippen molar-refractivity contribution in [1.82, 2.24) is 9.97 Å². The van der Waals surface area contributed by atoms with Crippen LogP contribution in [0.1, 0.15) is 20.8 Å². The Kier molecular flexibility index (Phi) is 5.69. The van der Waals surface area contributed by atoms with E-state index in [1.807, 2.05) is 6.92 Å². The molecule has 0 saturated carbocycles. The van der Waals surface area contributed by atoms with Crippen LogP contribution in [0.5, 0.6) is 5.75 Å². The molecule has 1 aromatic heterocycles. The maximum absolute atomic E-state index is 5.43. The third-order valence-corrected chi connectivity index (χ3v) is 2.48. The summed E-state index contributed by atoms with van der Waals surface area (Å²) in [6.07, 6.45) is 3.29. The monoisotopic (exact) mass is 239 g/mol. The Morgan fingerprint density at radius 2 is 1.94 bits per heavy atom. The lowest BCUT2D eigenvalue weighted by Crippen LogP contribution is -2.31. The normalized spacial score (nSPS) is 12.5. The van der Waals surface area contributed by atoms with Gasteiger partial charge in [-0.3, -0.25) is 0 Å². The van der Waals surface area contributed by atoms with Gasteiger partial charge in [-0.25, -0.2) is 9.97 Å². The second-order valence-corrected chi connectivity index (χ2v) is 4.10.